The Morgan fingerprint density at radius 1 is 1.23 bits per heavy atom. The standard InChI is InChI=1S/C19H37NO4Si2/c1-10-11-14-25(6,7)20-17(22)16(18(20)24-15(2)21)12-13-23-26(8,9)19(3,4)5/h10-11,16,18H,12-14H2,1-9H3/b11-10-. The Morgan fingerprint density at radius 2 is 1.81 bits per heavy atom. The third-order valence-corrected chi connectivity index (χ3v) is 13.2. The lowest BCUT2D eigenvalue weighted by Crippen LogP contribution is -2.71. The van der Waals surface area contributed by atoms with E-state index in [1.54, 1.807) is 0 Å². The second-order valence-electron chi connectivity index (χ2n) is 9.30. The van der Waals surface area contributed by atoms with Crippen molar-refractivity contribution in [3.8, 4) is 0 Å². The fraction of sp³-hybridized carbons (Fsp3) is 0.789. The quantitative estimate of drug-likeness (QED) is 0.260. The predicted octanol–water partition coefficient (Wildman–Crippen LogP) is 4.53. The van der Waals surface area contributed by atoms with Gasteiger partial charge in [0, 0.05) is 13.5 Å². The van der Waals surface area contributed by atoms with E-state index in [0.717, 1.165) is 6.04 Å². The Kier molecular flexibility index (Phi) is 7.46. The molecule has 0 aromatic rings. The number of rotatable bonds is 8. The largest absolute Gasteiger partial charge is 0.442 e. The van der Waals surface area contributed by atoms with Gasteiger partial charge in [0.2, 0.25) is 5.91 Å². The molecule has 1 rings (SSSR count). The molecular weight excluding hydrogens is 362 g/mol. The molecule has 5 nitrogen and oxygen atoms in total. The van der Waals surface area contributed by atoms with Crippen molar-refractivity contribution in [3.05, 3.63) is 12.2 Å². The third kappa shape index (κ3) is 5.30. The zero-order valence-corrected chi connectivity index (χ0v) is 20.0. The lowest BCUT2D eigenvalue weighted by atomic mass is 9.95. The maximum atomic E-state index is 12.8. The van der Waals surface area contributed by atoms with Crippen molar-refractivity contribution >= 4 is 28.4 Å². The average Bonchev–Trinajstić information content (AvgIpc) is 2.47. The van der Waals surface area contributed by atoms with Crippen LogP contribution in [0, 0.1) is 5.92 Å². The Labute approximate surface area is 161 Å². The minimum absolute atomic E-state index is 0.108. The molecule has 2 unspecified atom stereocenters. The number of hydrogen-bond donors (Lipinski definition) is 0. The van der Waals surface area contributed by atoms with Crippen LogP contribution in [-0.2, 0) is 18.8 Å². The highest BCUT2D eigenvalue weighted by Crippen LogP contribution is 2.39. The van der Waals surface area contributed by atoms with Gasteiger partial charge in [-0.3, -0.25) is 9.59 Å². The van der Waals surface area contributed by atoms with Crippen molar-refractivity contribution in [2.75, 3.05) is 6.61 Å². The summed E-state index contributed by atoms with van der Waals surface area (Å²) in [6, 6.07) is 0.861. The number of carbonyl (C=O) groups excluding carboxylic acids is 2. The smallest absolute Gasteiger partial charge is 0.304 e. The summed E-state index contributed by atoms with van der Waals surface area (Å²) < 4.78 is 13.6. The molecule has 0 radical (unpaired) electrons. The zero-order valence-electron chi connectivity index (χ0n) is 18.0. The molecular formula is C19H37NO4Si2. The van der Waals surface area contributed by atoms with Gasteiger partial charge in [0.25, 0.3) is 0 Å². The summed E-state index contributed by atoms with van der Waals surface area (Å²) in [6.45, 7) is 19.2. The van der Waals surface area contributed by atoms with Crippen LogP contribution < -0.4 is 0 Å². The van der Waals surface area contributed by atoms with Gasteiger partial charge in [-0.05, 0) is 37.5 Å². The molecule has 0 aromatic carbocycles. The summed E-state index contributed by atoms with van der Waals surface area (Å²) >= 11 is 0. The van der Waals surface area contributed by atoms with Crippen LogP contribution in [0.4, 0.5) is 0 Å². The van der Waals surface area contributed by atoms with Crippen molar-refractivity contribution in [3.63, 3.8) is 0 Å². The highest BCUT2D eigenvalue weighted by molar-refractivity contribution is 6.77. The molecule has 0 spiro atoms. The van der Waals surface area contributed by atoms with Gasteiger partial charge in [0.15, 0.2) is 22.8 Å². The van der Waals surface area contributed by atoms with Crippen LogP contribution in [0.5, 0.6) is 0 Å². The fourth-order valence-electron chi connectivity index (χ4n) is 2.90. The first-order valence-electron chi connectivity index (χ1n) is 9.50. The van der Waals surface area contributed by atoms with Crippen molar-refractivity contribution in [1.82, 2.24) is 4.57 Å². The van der Waals surface area contributed by atoms with Crippen LogP contribution in [0.15, 0.2) is 12.2 Å². The van der Waals surface area contributed by atoms with Gasteiger partial charge in [0.05, 0.1) is 5.92 Å². The Balaban J connectivity index is 2.80. The Bertz CT molecular complexity index is 552. The monoisotopic (exact) mass is 399 g/mol. The molecule has 0 aliphatic carbocycles. The minimum atomic E-state index is -1.99. The first-order chi connectivity index (χ1) is 11.7. The molecule has 150 valence electrons. The minimum Gasteiger partial charge on any atom is -0.442 e. The third-order valence-electron chi connectivity index (χ3n) is 5.64. The molecule has 2 atom stereocenters. The molecule has 0 aromatic heterocycles. The van der Waals surface area contributed by atoms with Gasteiger partial charge in [-0.15, -0.1) is 0 Å². The van der Waals surface area contributed by atoms with Crippen molar-refractivity contribution < 1.29 is 18.8 Å². The van der Waals surface area contributed by atoms with E-state index < -0.39 is 22.8 Å². The molecule has 0 N–H and O–H groups in total. The van der Waals surface area contributed by atoms with E-state index in [0.29, 0.717) is 13.0 Å². The molecule has 7 heteroatoms. The lowest BCUT2D eigenvalue weighted by Gasteiger charge is -2.53. The number of β-lactam (4-membered cyclic amide) rings is 1. The van der Waals surface area contributed by atoms with Crippen LogP contribution >= 0.6 is 0 Å². The number of carbonyl (C=O) groups is 2. The molecule has 0 saturated carbocycles. The van der Waals surface area contributed by atoms with Gasteiger partial charge in [-0.1, -0.05) is 46.0 Å². The first-order valence-corrected chi connectivity index (χ1v) is 15.6. The SMILES string of the molecule is C/C=C\C[Si](C)(C)N1C(=O)C(CCO[Si](C)(C)C(C)(C)C)C1OC(C)=O. The molecule has 1 amide bonds. The highest BCUT2D eigenvalue weighted by Gasteiger charge is 2.55. The van der Waals surface area contributed by atoms with Crippen molar-refractivity contribution in [2.24, 2.45) is 5.92 Å². The lowest BCUT2D eigenvalue weighted by molar-refractivity contribution is -0.186. The number of ether oxygens (including phenoxy) is 1. The summed E-state index contributed by atoms with van der Waals surface area (Å²) in [5.74, 6) is -0.504. The molecule has 1 fully saturated rings. The van der Waals surface area contributed by atoms with E-state index in [1.165, 1.54) is 6.92 Å². The zero-order chi connectivity index (χ0) is 20.3. The van der Waals surface area contributed by atoms with E-state index in [2.05, 4.69) is 53.0 Å². The second-order valence-corrected chi connectivity index (χ2v) is 18.6. The summed E-state index contributed by atoms with van der Waals surface area (Å²) in [7, 11) is -3.83. The predicted molar refractivity (Wildman–Crippen MR) is 111 cm³/mol. The highest BCUT2D eigenvalue weighted by atomic mass is 28.4. The normalized spacial score (nSPS) is 21.9. The van der Waals surface area contributed by atoms with Crippen molar-refractivity contribution in [1.29, 1.82) is 0 Å². The number of hydrogen-bond acceptors (Lipinski definition) is 4. The van der Waals surface area contributed by atoms with Crippen LogP contribution in [0.1, 0.15) is 41.0 Å². The van der Waals surface area contributed by atoms with Gasteiger partial charge < -0.3 is 13.7 Å². The van der Waals surface area contributed by atoms with E-state index >= 15 is 0 Å². The fourth-order valence-corrected chi connectivity index (χ4v) is 6.65. The molecule has 1 aliphatic rings. The van der Waals surface area contributed by atoms with Crippen LogP contribution in [0.3, 0.4) is 0 Å². The van der Waals surface area contributed by atoms with Crippen molar-refractivity contribution in [2.45, 2.75) is 84.5 Å². The second kappa shape index (κ2) is 8.39. The van der Waals surface area contributed by atoms with E-state index in [-0.39, 0.29) is 22.8 Å². The number of allylic oxidation sites excluding steroid dienone is 2. The molecule has 1 aliphatic heterocycles. The number of esters is 1. The summed E-state index contributed by atoms with van der Waals surface area (Å²) in [5, 5.41) is 0.138. The maximum absolute atomic E-state index is 12.8. The summed E-state index contributed by atoms with van der Waals surface area (Å²) in [4.78, 5) is 24.4. The number of amides is 1. The van der Waals surface area contributed by atoms with Crippen LogP contribution in [0.25, 0.3) is 0 Å². The molecule has 0 bridgehead atoms. The maximum Gasteiger partial charge on any atom is 0.304 e. The summed E-state index contributed by atoms with van der Waals surface area (Å²) in [5.41, 5.74) is 0. The van der Waals surface area contributed by atoms with E-state index in [1.807, 2.05) is 17.6 Å². The number of nitrogens with zero attached hydrogens (tertiary/aromatic N) is 1. The van der Waals surface area contributed by atoms with Gasteiger partial charge in [0.1, 0.15) is 0 Å². The van der Waals surface area contributed by atoms with Gasteiger partial charge in [-0.2, -0.15) is 0 Å². The van der Waals surface area contributed by atoms with Crippen LogP contribution in [-0.4, -0.2) is 45.8 Å². The Hall–Kier alpha value is -0.926. The van der Waals surface area contributed by atoms with E-state index in [9.17, 15) is 9.59 Å². The Morgan fingerprint density at radius 3 is 2.27 bits per heavy atom. The molecule has 1 heterocycles. The molecule has 1 saturated heterocycles. The van der Waals surface area contributed by atoms with Gasteiger partial charge >= 0.3 is 5.97 Å². The van der Waals surface area contributed by atoms with E-state index in [4.69, 9.17) is 9.16 Å². The molecule has 26 heavy (non-hydrogen) atoms. The average molecular weight is 400 g/mol. The summed E-state index contributed by atoms with van der Waals surface area (Å²) in [6.07, 6.45) is 4.27. The van der Waals surface area contributed by atoms with Crippen LogP contribution in [0.2, 0.25) is 37.3 Å². The topological polar surface area (TPSA) is 55.8 Å². The van der Waals surface area contributed by atoms with Gasteiger partial charge in [-0.25, -0.2) is 0 Å². The first kappa shape index (κ1) is 23.1.